The maximum atomic E-state index is 12.9. The van der Waals surface area contributed by atoms with Gasteiger partial charge in [0, 0.05) is 42.9 Å². The summed E-state index contributed by atoms with van der Waals surface area (Å²) in [4.78, 5) is 52.4. The van der Waals surface area contributed by atoms with Crippen LogP contribution in [0.25, 0.3) is 0 Å². The molecule has 1 aromatic carbocycles. The van der Waals surface area contributed by atoms with Crippen LogP contribution in [0.2, 0.25) is 0 Å². The molecule has 6 rings (SSSR count). The van der Waals surface area contributed by atoms with Crippen molar-refractivity contribution in [2.24, 2.45) is 5.92 Å². The van der Waals surface area contributed by atoms with Crippen LogP contribution < -0.4 is 21.3 Å². The lowest BCUT2D eigenvalue weighted by Crippen LogP contribution is -2.36. The summed E-state index contributed by atoms with van der Waals surface area (Å²) in [5.41, 5.74) is 2.47. The van der Waals surface area contributed by atoms with Crippen LogP contribution in [0.1, 0.15) is 117 Å². The largest absolute Gasteiger partial charge is 0.481 e. The lowest BCUT2D eigenvalue weighted by Gasteiger charge is -2.26. The first-order valence-corrected chi connectivity index (χ1v) is 20.0. The highest BCUT2D eigenvalue weighted by Gasteiger charge is 2.51. The van der Waals surface area contributed by atoms with Crippen LogP contribution in [-0.2, 0) is 27.2 Å². The number of carboxylic acid groups (broad SMARTS) is 1. The second-order valence-electron chi connectivity index (χ2n) is 14.5. The van der Waals surface area contributed by atoms with E-state index in [4.69, 9.17) is 9.15 Å². The van der Waals surface area contributed by atoms with Gasteiger partial charge in [-0.05, 0) is 62.5 Å². The predicted octanol–water partition coefficient (Wildman–Crippen LogP) is 5.11. The molecule has 4 amide bonds. The number of ether oxygens (including phenoxy) is 1. The van der Waals surface area contributed by atoms with E-state index in [1.54, 1.807) is 0 Å². The number of urea groups is 1. The van der Waals surface area contributed by atoms with Gasteiger partial charge in [-0.15, -0.1) is 0 Å². The quantitative estimate of drug-likeness (QED) is 0.0868. The zero-order chi connectivity index (χ0) is 35.6. The number of oxazole rings is 1. The van der Waals surface area contributed by atoms with Gasteiger partial charge >= 0.3 is 12.0 Å². The molecule has 0 saturated carbocycles. The second-order valence-corrected chi connectivity index (χ2v) is 15.8. The summed E-state index contributed by atoms with van der Waals surface area (Å²) < 4.78 is 12.2. The Morgan fingerprint density at radius 1 is 0.902 bits per heavy atom. The monoisotopic (exact) mass is 723 g/mol. The molecule has 13 heteroatoms. The van der Waals surface area contributed by atoms with Crippen LogP contribution in [0.5, 0.6) is 0 Å². The van der Waals surface area contributed by atoms with Crippen LogP contribution >= 0.6 is 11.8 Å². The van der Waals surface area contributed by atoms with Gasteiger partial charge in [-0.1, -0.05) is 56.4 Å². The Bertz CT molecular complexity index is 1500. The molecular weight excluding hydrogens is 671 g/mol. The summed E-state index contributed by atoms with van der Waals surface area (Å²) in [6.07, 6.45) is 14.4. The minimum atomic E-state index is -0.804. The third-order valence-corrected chi connectivity index (χ3v) is 12.4. The van der Waals surface area contributed by atoms with Gasteiger partial charge in [0.05, 0.1) is 30.2 Å². The molecule has 12 nitrogen and oxygen atoms in total. The molecule has 3 unspecified atom stereocenters. The summed E-state index contributed by atoms with van der Waals surface area (Å²) in [5, 5.41) is 21.6. The number of nitrogens with one attached hydrogen (secondary N) is 4. The zero-order valence-electron chi connectivity index (χ0n) is 29.4. The molecule has 0 radical (unpaired) electrons. The molecular formula is C38H53N5O7S. The fraction of sp³-hybridized carbons (Fsp3) is 0.658. The highest BCUT2D eigenvalue weighted by atomic mass is 32.2. The van der Waals surface area contributed by atoms with Gasteiger partial charge in [0.25, 0.3) is 5.91 Å². The minimum absolute atomic E-state index is 0.0131. The number of thioether (sulfide) groups is 1. The Morgan fingerprint density at radius 2 is 1.65 bits per heavy atom. The average Bonchev–Trinajstić information content (AvgIpc) is 3.96. The molecule has 2 bridgehead atoms. The first-order valence-electron chi connectivity index (χ1n) is 19.0. The Balaban J connectivity index is 0.811. The van der Waals surface area contributed by atoms with Crippen molar-refractivity contribution in [3.05, 3.63) is 53.2 Å². The summed E-state index contributed by atoms with van der Waals surface area (Å²) in [6.45, 7) is 1.29. The second kappa shape index (κ2) is 18.3. The standard InChI is InChI=1S/C38H53N5O7S/c44-32(14-8-7-13-31-35-28(23-51-31)42-38(48)43-35)39-19-9-3-1-2-4-10-20-40-36(47)27-22-49-37(41-27)34-26(29-16-17-30(34)50-29)21-25-12-6-5-11-24(25)15-18-33(45)46/h5-6,11-12,22,26,28-31,34-35H,1-4,7-10,13-21,23H2,(H,39,44)(H,40,47)(H,45,46)(H2,42,43,48)/t26-,28?,29+,30-,31?,34-,35?/m0/s1. The van der Waals surface area contributed by atoms with Crippen molar-refractivity contribution in [3.63, 3.8) is 0 Å². The molecule has 51 heavy (non-hydrogen) atoms. The molecule has 4 aliphatic rings. The van der Waals surface area contributed by atoms with E-state index in [0.29, 0.717) is 37.1 Å². The molecule has 5 N–H and O–H groups in total. The fourth-order valence-corrected chi connectivity index (χ4v) is 9.80. The number of unbranched alkanes of at least 4 members (excludes halogenated alkanes) is 6. The Kier molecular flexibility index (Phi) is 13.3. The maximum Gasteiger partial charge on any atom is 0.315 e. The summed E-state index contributed by atoms with van der Waals surface area (Å²) in [6, 6.07) is 8.44. The van der Waals surface area contributed by atoms with E-state index in [1.807, 2.05) is 30.0 Å². The van der Waals surface area contributed by atoms with Crippen LogP contribution in [0.3, 0.4) is 0 Å². The molecule has 278 valence electrons. The van der Waals surface area contributed by atoms with Crippen LogP contribution in [0, 0.1) is 5.92 Å². The number of fused-ring (bicyclic) bond motifs is 3. The Morgan fingerprint density at radius 3 is 2.45 bits per heavy atom. The van der Waals surface area contributed by atoms with Gasteiger partial charge < -0.3 is 35.5 Å². The van der Waals surface area contributed by atoms with E-state index < -0.39 is 5.97 Å². The summed E-state index contributed by atoms with van der Waals surface area (Å²) >= 11 is 1.91. The van der Waals surface area contributed by atoms with Crippen molar-refractivity contribution in [2.75, 3.05) is 18.8 Å². The van der Waals surface area contributed by atoms with E-state index >= 15 is 0 Å². The van der Waals surface area contributed by atoms with E-state index in [9.17, 15) is 24.3 Å². The van der Waals surface area contributed by atoms with Crippen molar-refractivity contribution in [2.45, 2.75) is 132 Å². The Hall–Kier alpha value is -3.58. The van der Waals surface area contributed by atoms with Crippen molar-refractivity contribution in [1.29, 1.82) is 0 Å². The smallest absolute Gasteiger partial charge is 0.315 e. The van der Waals surface area contributed by atoms with Crippen molar-refractivity contribution in [3.8, 4) is 0 Å². The number of carbonyl (C=O) groups is 4. The van der Waals surface area contributed by atoms with E-state index in [2.05, 4.69) is 32.3 Å². The van der Waals surface area contributed by atoms with Crippen LogP contribution in [-0.4, -0.2) is 82.3 Å². The molecule has 0 aliphatic carbocycles. The zero-order valence-corrected chi connectivity index (χ0v) is 30.2. The van der Waals surface area contributed by atoms with Gasteiger partial charge in [-0.3, -0.25) is 14.4 Å². The third-order valence-electron chi connectivity index (χ3n) is 10.9. The highest BCUT2D eigenvalue weighted by Crippen LogP contribution is 2.50. The van der Waals surface area contributed by atoms with Crippen LogP contribution in [0.15, 0.2) is 34.9 Å². The summed E-state index contributed by atoms with van der Waals surface area (Å²) in [5.74, 6) is 0.719. The first-order chi connectivity index (χ1) is 24.9. The number of hydrogen-bond donors (Lipinski definition) is 5. The Labute approximate surface area is 304 Å². The number of carbonyl (C=O) groups excluding carboxylic acids is 3. The number of nitrogens with zero attached hydrogens (tertiary/aromatic N) is 1. The van der Waals surface area contributed by atoms with Gasteiger partial charge in [0.2, 0.25) is 11.8 Å². The van der Waals surface area contributed by atoms with Gasteiger partial charge in [-0.25, -0.2) is 9.78 Å². The fourth-order valence-electron chi connectivity index (χ4n) is 8.26. The average molecular weight is 724 g/mol. The van der Waals surface area contributed by atoms with E-state index in [-0.39, 0.29) is 66.1 Å². The molecule has 0 spiro atoms. The van der Waals surface area contributed by atoms with Gasteiger partial charge in [-0.2, -0.15) is 11.8 Å². The summed E-state index contributed by atoms with van der Waals surface area (Å²) in [7, 11) is 0. The molecule has 2 aromatic rings. The SMILES string of the molecule is O=C(O)CCc1ccccc1C[C@@H]1[C@H](c2nc(C(=O)NCCCCCCCCNC(=O)CCCCC3SCC4NC(=O)NC43)co2)[C@@H]2CC[C@H]1O2. The van der Waals surface area contributed by atoms with Crippen molar-refractivity contribution < 1.29 is 33.4 Å². The number of aryl methyl sites for hydroxylation is 1. The topological polar surface area (TPSA) is 172 Å². The molecule has 1 aromatic heterocycles. The number of amides is 4. The van der Waals surface area contributed by atoms with Gasteiger partial charge in [0.15, 0.2) is 5.69 Å². The number of rotatable bonds is 21. The number of hydrogen-bond acceptors (Lipinski definition) is 8. The molecule has 5 heterocycles. The third kappa shape index (κ3) is 10.1. The van der Waals surface area contributed by atoms with Crippen molar-refractivity contribution in [1.82, 2.24) is 26.3 Å². The molecule has 7 atom stereocenters. The van der Waals surface area contributed by atoms with Crippen LogP contribution in [0.4, 0.5) is 4.79 Å². The lowest BCUT2D eigenvalue weighted by atomic mass is 9.75. The van der Waals surface area contributed by atoms with E-state index in [0.717, 1.165) is 93.9 Å². The predicted molar refractivity (Wildman–Crippen MR) is 194 cm³/mol. The number of aliphatic carboxylic acids is 1. The number of benzene rings is 1. The first kappa shape index (κ1) is 37.2. The highest BCUT2D eigenvalue weighted by molar-refractivity contribution is 8.00. The molecule has 4 saturated heterocycles. The van der Waals surface area contributed by atoms with E-state index in [1.165, 1.54) is 6.26 Å². The van der Waals surface area contributed by atoms with Crippen molar-refractivity contribution >= 4 is 35.6 Å². The van der Waals surface area contributed by atoms with Gasteiger partial charge in [0.1, 0.15) is 6.26 Å². The molecule has 4 aliphatic heterocycles. The normalized spacial score (nSPS) is 26.1. The molecule has 4 fully saturated rings. The number of aromatic nitrogens is 1. The maximum absolute atomic E-state index is 12.9. The number of carboxylic acids is 1. The lowest BCUT2D eigenvalue weighted by molar-refractivity contribution is -0.137. The minimum Gasteiger partial charge on any atom is -0.481 e.